The fourth-order valence-electron chi connectivity index (χ4n) is 3.61. The molecule has 1 saturated heterocycles. The Kier molecular flexibility index (Phi) is 7.35. The van der Waals surface area contributed by atoms with Gasteiger partial charge < -0.3 is 20.1 Å². The summed E-state index contributed by atoms with van der Waals surface area (Å²) >= 11 is 1.49. The van der Waals surface area contributed by atoms with Crippen LogP contribution >= 0.6 is 11.3 Å². The van der Waals surface area contributed by atoms with Crippen molar-refractivity contribution >= 4 is 38.1 Å². The second-order valence-corrected chi connectivity index (χ2v) is 10.4. The van der Waals surface area contributed by atoms with E-state index < -0.39 is 10.0 Å². The van der Waals surface area contributed by atoms with E-state index in [4.69, 9.17) is 9.47 Å². The summed E-state index contributed by atoms with van der Waals surface area (Å²) in [7, 11) is -0.150. The highest BCUT2D eigenvalue weighted by molar-refractivity contribution is 7.89. The lowest BCUT2D eigenvalue weighted by atomic mass is 10.1. The molecule has 1 fully saturated rings. The molecule has 9 nitrogen and oxygen atoms in total. The number of amides is 1. The van der Waals surface area contributed by atoms with E-state index in [2.05, 4.69) is 15.6 Å². The quantitative estimate of drug-likeness (QED) is 0.459. The van der Waals surface area contributed by atoms with Crippen LogP contribution in [0.3, 0.4) is 0 Å². The smallest absolute Gasteiger partial charge is 0.262 e. The number of sulfonamides is 1. The van der Waals surface area contributed by atoms with Gasteiger partial charge in [0.2, 0.25) is 10.0 Å². The lowest BCUT2D eigenvalue weighted by Gasteiger charge is -2.15. The normalized spacial score (nSPS) is 14.1. The van der Waals surface area contributed by atoms with Gasteiger partial charge in [0.05, 0.1) is 23.4 Å². The maximum absolute atomic E-state index is 12.6. The molecular formula is C23H26N4O5S2. The number of rotatable bonds is 9. The van der Waals surface area contributed by atoms with Crippen LogP contribution in [-0.2, 0) is 14.8 Å². The van der Waals surface area contributed by atoms with Crippen molar-refractivity contribution in [2.75, 3.05) is 44.5 Å². The summed E-state index contributed by atoms with van der Waals surface area (Å²) in [5, 5.41) is 8.53. The van der Waals surface area contributed by atoms with Crippen molar-refractivity contribution in [1.82, 2.24) is 9.29 Å². The Balaban J connectivity index is 1.39. The molecule has 0 spiro atoms. The molecule has 2 N–H and O–H groups in total. The zero-order chi connectivity index (χ0) is 24.1. The van der Waals surface area contributed by atoms with Crippen LogP contribution in [-0.4, -0.2) is 57.5 Å². The monoisotopic (exact) mass is 502 g/mol. The molecule has 1 amide bonds. The number of carbonyl (C=O) groups excluding carboxylic acids is 1. The topological polar surface area (TPSA) is 110 Å². The molecular weight excluding hydrogens is 476 g/mol. The Morgan fingerprint density at radius 3 is 2.53 bits per heavy atom. The molecule has 0 atom stereocenters. The largest absolute Gasteiger partial charge is 0.495 e. The van der Waals surface area contributed by atoms with Crippen LogP contribution in [0.1, 0.15) is 12.8 Å². The van der Waals surface area contributed by atoms with E-state index in [9.17, 15) is 13.2 Å². The van der Waals surface area contributed by atoms with Crippen molar-refractivity contribution in [3.63, 3.8) is 0 Å². The summed E-state index contributed by atoms with van der Waals surface area (Å²) in [5.41, 5.74) is 2.12. The van der Waals surface area contributed by atoms with Gasteiger partial charge in [0.25, 0.3) is 5.91 Å². The number of anilines is 2. The predicted molar refractivity (Wildman–Crippen MR) is 132 cm³/mol. The molecule has 0 saturated carbocycles. The van der Waals surface area contributed by atoms with Gasteiger partial charge in [-0.05, 0) is 55.3 Å². The SMILES string of the molecule is CNc1nc(-c2ccc(OC)c(NC(=O)COc3ccc(S(=O)(=O)N4CCCC4)cc3)c2)cs1. The Bertz CT molecular complexity index is 1250. The van der Waals surface area contributed by atoms with Crippen LogP contribution in [0.2, 0.25) is 0 Å². The van der Waals surface area contributed by atoms with E-state index in [1.165, 1.54) is 34.9 Å². The van der Waals surface area contributed by atoms with Crippen LogP contribution in [0.5, 0.6) is 11.5 Å². The molecule has 3 aromatic rings. The molecule has 0 aliphatic carbocycles. The average Bonchev–Trinajstić information content (AvgIpc) is 3.56. The second kappa shape index (κ2) is 10.4. The first-order valence-corrected chi connectivity index (χ1v) is 13.1. The molecule has 0 unspecified atom stereocenters. The van der Waals surface area contributed by atoms with Crippen LogP contribution in [0.25, 0.3) is 11.3 Å². The minimum atomic E-state index is -3.49. The maximum Gasteiger partial charge on any atom is 0.262 e. The number of thiazole rings is 1. The van der Waals surface area contributed by atoms with Crippen molar-refractivity contribution < 1.29 is 22.7 Å². The van der Waals surface area contributed by atoms with Crippen LogP contribution in [0, 0.1) is 0 Å². The van der Waals surface area contributed by atoms with Gasteiger partial charge in [-0.3, -0.25) is 4.79 Å². The predicted octanol–water partition coefficient (Wildman–Crippen LogP) is 3.66. The first kappa shape index (κ1) is 24.0. The number of nitrogens with one attached hydrogen (secondary N) is 2. The summed E-state index contributed by atoms with van der Waals surface area (Å²) in [4.78, 5) is 17.2. The van der Waals surface area contributed by atoms with E-state index in [0.29, 0.717) is 30.3 Å². The molecule has 2 heterocycles. The molecule has 0 radical (unpaired) electrons. The van der Waals surface area contributed by atoms with Crippen LogP contribution in [0.15, 0.2) is 52.7 Å². The number of benzene rings is 2. The number of methoxy groups -OCH3 is 1. The number of hydrogen-bond donors (Lipinski definition) is 2. The van der Waals surface area contributed by atoms with Crippen molar-refractivity contribution in [2.45, 2.75) is 17.7 Å². The van der Waals surface area contributed by atoms with Crippen LogP contribution in [0.4, 0.5) is 10.8 Å². The van der Waals surface area contributed by atoms with Gasteiger partial charge in [-0.2, -0.15) is 4.31 Å². The summed E-state index contributed by atoms with van der Waals surface area (Å²) in [6.45, 7) is 0.849. The molecule has 11 heteroatoms. The molecule has 180 valence electrons. The van der Waals surface area contributed by atoms with E-state index in [-0.39, 0.29) is 17.4 Å². The highest BCUT2D eigenvalue weighted by Gasteiger charge is 2.27. The van der Waals surface area contributed by atoms with Gasteiger partial charge >= 0.3 is 0 Å². The molecule has 34 heavy (non-hydrogen) atoms. The van der Waals surface area contributed by atoms with Gasteiger partial charge in [0, 0.05) is 31.1 Å². The fourth-order valence-corrected chi connectivity index (χ4v) is 5.80. The van der Waals surface area contributed by atoms with E-state index in [1.54, 1.807) is 24.3 Å². The Morgan fingerprint density at radius 2 is 1.88 bits per heavy atom. The third-order valence-corrected chi connectivity index (χ3v) is 8.16. The Morgan fingerprint density at radius 1 is 1.15 bits per heavy atom. The van der Waals surface area contributed by atoms with Crippen LogP contribution < -0.4 is 20.1 Å². The lowest BCUT2D eigenvalue weighted by molar-refractivity contribution is -0.118. The first-order chi connectivity index (χ1) is 16.4. The summed E-state index contributed by atoms with van der Waals surface area (Å²) < 4.78 is 37.7. The van der Waals surface area contributed by atoms with Crippen molar-refractivity contribution in [1.29, 1.82) is 0 Å². The zero-order valence-corrected chi connectivity index (χ0v) is 20.5. The van der Waals surface area contributed by atoms with E-state index >= 15 is 0 Å². The van der Waals surface area contributed by atoms with Crippen molar-refractivity contribution in [3.05, 3.63) is 47.8 Å². The number of ether oxygens (including phenoxy) is 2. The van der Waals surface area contributed by atoms with Gasteiger partial charge in [0.1, 0.15) is 11.5 Å². The highest BCUT2D eigenvalue weighted by atomic mass is 32.2. The number of nitrogens with zero attached hydrogens (tertiary/aromatic N) is 2. The van der Waals surface area contributed by atoms with E-state index in [0.717, 1.165) is 29.2 Å². The number of aromatic nitrogens is 1. The third kappa shape index (κ3) is 5.32. The van der Waals surface area contributed by atoms with Gasteiger partial charge in [0.15, 0.2) is 11.7 Å². The standard InChI is InChI=1S/C23H26N4O5S2/c1-24-23-26-20(15-33-23)16-5-10-21(31-2)19(13-16)25-22(28)14-32-17-6-8-18(9-7-17)34(29,30)27-11-3-4-12-27/h5-10,13,15H,3-4,11-12,14H2,1-2H3,(H,24,26)(H,25,28). The molecule has 0 bridgehead atoms. The first-order valence-electron chi connectivity index (χ1n) is 10.8. The van der Waals surface area contributed by atoms with Gasteiger partial charge in [-0.15, -0.1) is 11.3 Å². The van der Waals surface area contributed by atoms with E-state index in [1.807, 2.05) is 18.5 Å². The second-order valence-electron chi connectivity index (χ2n) is 7.62. The van der Waals surface area contributed by atoms with Gasteiger partial charge in [-0.1, -0.05) is 0 Å². The van der Waals surface area contributed by atoms with Crippen molar-refractivity contribution in [3.8, 4) is 22.8 Å². The third-order valence-electron chi connectivity index (χ3n) is 5.38. The molecule has 1 aliphatic rings. The molecule has 1 aliphatic heterocycles. The lowest BCUT2D eigenvalue weighted by Crippen LogP contribution is -2.27. The minimum Gasteiger partial charge on any atom is -0.495 e. The number of carbonyl (C=O) groups is 1. The van der Waals surface area contributed by atoms with Crippen molar-refractivity contribution in [2.24, 2.45) is 0 Å². The minimum absolute atomic E-state index is 0.219. The number of hydrogen-bond acceptors (Lipinski definition) is 8. The molecule has 4 rings (SSSR count). The van der Waals surface area contributed by atoms with Gasteiger partial charge in [-0.25, -0.2) is 13.4 Å². The maximum atomic E-state index is 12.6. The average molecular weight is 503 g/mol. The zero-order valence-electron chi connectivity index (χ0n) is 18.9. The molecule has 1 aromatic heterocycles. The summed E-state index contributed by atoms with van der Waals surface area (Å²) in [6.07, 6.45) is 1.76. The Labute approximate surface area is 202 Å². The fraction of sp³-hybridized carbons (Fsp3) is 0.304. The highest BCUT2D eigenvalue weighted by Crippen LogP contribution is 2.32. The molecule has 2 aromatic carbocycles. The summed E-state index contributed by atoms with van der Waals surface area (Å²) in [5.74, 6) is 0.536. The Hall–Kier alpha value is -3.15. The summed E-state index contributed by atoms with van der Waals surface area (Å²) in [6, 6.07) is 11.5.